The van der Waals surface area contributed by atoms with Crippen LogP contribution in [0, 0.1) is 5.92 Å². The summed E-state index contributed by atoms with van der Waals surface area (Å²) < 4.78 is 5.11. The third-order valence-electron chi connectivity index (χ3n) is 4.21. The Morgan fingerprint density at radius 2 is 2.12 bits per heavy atom. The number of nitrogens with one attached hydrogen (secondary N) is 1. The van der Waals surface area contributed by atoms with Crippen LogP contribution in [0.2, 0.25) is 5.02 Å². The molecule has 0 aromatic heterocycles. The highest BCUT2D eigenvalue weighted by molar-refractivity contribution is 14.0. The minimum Gasteiger partial charge on any atom is -0.466 e. The molecule has 0 unspecified atom stereocenters. The third kappa shape index (κ3) is 7.01. The molecule has 0 saturated carbocycles. The average molecular weight is 480 g/mol. The number of hydrogen-bond acceptors (Lipinski definition) is 3. The number of likely N-dealkylation sites (tertiary alicyclic amines) is 1. The molecule has 1 saturated heterocycles. The number of carbonyl (C=O) groups is 1. The van der Waals surface area contributed by atoms with E-state index in [0.717, 1.165) is 49.9 Å². The molecule has 1 heterocycles. The number of esters is 1. The fourth-order valence-corrected chi connectivity index (χ4v) is 3.14. The van der Waals surface area contributed by atoms with Crippen molar-refractivity contribution >= 4 is 47.5 Å². The minimum atomic E-state index is -0.0685. The highest BCUT2D eigenvalue weighted by Crippen LogP contribution is 2.18. The maximum atomic E-state index is 11.8. The lowest BCUT2D eigenvalue weighted by Gasteiger charge is -2.33. The van der Waals surface area contributed by atoms with E-state index in [1.165, 1.54) is 5.56 Å². The molecule has 140 valence electrons. The first-order chi connectivity index (χ1) is 11.6. The van der Waals surface area contributed by atoms with Crippen molar-refractivity contribution in [1.82, 2.24) is 10.2 Å². The van der Waals surface area contributed by atoms with Crippen LogP contribution in [0.4, 0.5) is 0 Å². The van der Waals surface area contributed by atoms with Gasteiger partial charge in [-0.25, -0.2) is 0 Å². The molecule has 7 heteroatoms. The molecule has 0 radical (unpaired) electrons. The molecule has 1 N–H and O–H groups in total. The molecule has 25 heavy (non-hydrogen) atoms. The molecule has 1 aliphatic rings. The number of piperidine rings is 1. The van der Waals surface area contributed by atoms with Crippen molar-refractivity contribution < 1.29 is 9.53 Å². The number of aliphatic imine (C=N–C) groups is 1. The van der Waals surface area contributed by atoms with E-state index >= 15 is 0 Å². The zero-order chi connectivity index (χ0) is 17.4. The van der Waals surface area contributed by atoms with Gasteiger partial charge in [0.1, 0.15) is 0 Å². The molecule has 0 bridgehead atoms. The van der Waals surface area contributed by atoms with Crippen molar-refractivity contribution in [1.29, 1.82) is 0 Å². The third-order valence-corrected chi connectivity index (χ3v) is 4.45. The quantitative estimate of drug-likeness (QED) is 0.305. The van der Waals surface area contributed by atoms with Gasteiger partial charge in [-0.2, -0.15) is 0 Å². The van der Waals surface area contributed by atoms with Crippen molar-refractivity contribution in [3.8, 4) is 0 Å². The zero-order valence-electron chi connectivity index (χ0n) is 14.8. The molecule has 0 atom stereocenters. The van der Waals surface area contributed by atoms with E-state index in [1.807, 2.05) is 25.1 Å². The van der Waals surface area contributed by atoms with Crippen LogP contribution in [0.5, 0.6) is 0 Å². The largest absolute Gasteiger partial charge is 0.466 e. The van der Waals surface area contributed by atoms with Gasteiger partial charge in [0.05, 0.1) is 12.5 Å². The van der Waals surface area contributed by atoms with Gasteiger partial charge in [-0.1, -0.05) is 23.7 Å². The van der Waals surface area contributed by atoms with Gasteiger partial charge in [-0.3, -0.25) is 9.79 Å². The van der Waals surface area contributed by atoms with Gasteiger partial charge >= 0.3 is 5.97 Å². The lowest BCUT2D eigenvalue weighted by atomic mass is 9.97. The lowest BCUT2D eigenvalue weighted by molar-refractivity contribution is -0.149. The number of benzene rings is 1. The summed E-state index contributed by atoms with van der Waals surface area (Å²) in [7, 11) is 1.79. The number of carbonyl (C=O) groups excluding carboxylic acids is 1. The number of ether oxygens (including phenoxy) is 1. The van der Waals surface area contributed by atoms with Crippen LogP contribution < -0.4 is 5.32 Å². The van der Waals surface area contributed by atoms with Gasteiger partial charge in [0, 0.05) is 31.7 Å². The standard InChI is InChI=1S/C18H26ClN3O2.HI/c1-3-24-17(23)15-8-11-22(12-9-15)18(20-2)21-10-7-14-5-4-6-16(19)13-14;/h4-6,13,15H,3,7-12H2,1-2H3,(H,20,21);1H. The Labute approximate surface area is 172 Å². The molecule has 0 aliphatic carbocycles. The number of rotatable bonds is 5. The Kier molecular flexibility index (Phi) is 10.2. The van der Waals surface area contributed by atoms with Crippen LogP contribution in [0.25, 0.3) is 0 Å². The van der Waals surface area contributed by atoms with Crippen LogP contribution in [0.3, 0.4) is 0 Å². The zero-order valence-corrected chi connectivity index (χ0v) is 17.9. The number of halogens is 2. The Morgan fingerprint density at radius 3 is 2.72 bits per heavy atom. The van der Waals surface area contributed by atoms with E-state index < -0.39 is 0 Å². The second-order valence-electron chi connectivity index (χ2n) is 5.87. The average Bonchev–Trinajstić information content (AvgIpc) is 2.59. The lowest BCUT2D eigenvalue weighted by Crippen LogP contribution is -2.47. The van der Waals surface area contributed by atoms with Gasteiger partial charge in [0.2, 0.25) is 0 Å². The fourth-order valence-electron chi connectivity index (χ4n) is 2.93. The van der Waals surface area contributed by atoms with Crippen LogP contribution in [0.1, 0.15) is 25.3 Å². The molecular weight excluding hydrogens is 453 g/mol. The van der Waals surface area contributed by atoms with Gasteiger partial charge in [0.15, 0.2) is 5.96 Å². The first-order valence-corrected chi connectivity index (χ1v) is 8.88. The van der Waals surface area contributed by atoms with Crippen LogP contribution in [-0.2, 0) is 16.0 Å². The summed E-state index contributed by atoms with van der Waals surface area (Å²) in [5, 5.41) is 4.15. The summed E-state index contributed by atoms with van der Waals surface area (Å²) in [6.45, 7) is 4.73. The van der Waals surface area contributed by atoms with Gasteiger partial charge in [-0.05, 0) is 43.9 Å². The van der Waals surface area contributed by atoms with Crippen LogP contribution >= 0.6 is 35.6 Å². The molecule has 1 aromatic rings. The van der Waals surface area contributed by atoms with E-state index in [2.05, 4.69) is 21.3 Å². The Balaban J connectivity index is 0.00000312. The molecule has 1 aliphatic heterocycles. The van der Waals surface area contributed by atoms with Gasteiger partial charge in [-0.15, -0.1) is 24.0 Å². The Morgan fingerprint density at radius 1 is 1.40 bits per heavy atom. The molecular formula is C18H27ClIN3O2. The maximum Gasteiger partial charge on any atom is 0.309 e. The topological polar surface area (TPSA) is 53.9 Å². The second kappa shape index (κ2) is 11.6. The fraction of sp³-hybridized carbons (Fsp3) is 0.556. The molecule has 2 rings (SSSR count). The summed E-state index contributed by atoms with van der Waals surface area (Å²) in [6.07, 6.45) is 2.51. The monoisotopic (exact) mass is 479 g/mol. The summed E-state index contributed by atoms with van der Waals surface area (Å²) >= 11 is 6.01. The Bertz CT molecular complexity index is 575. The molecule has 0 spiro atoms. The normalized spacial score (nSPS) is 15.5. The van der Waals surface area contributed by atoms with Crippen molar-refractivity contribution in [2.75, 3.05) is 33.3 Å². The number of nitrogens with zero attached hydrogens (tertiary/aromatic N) is 2. The van der Waals surface area contributed by atoms with Crippen LogP contribution in [0.15, 0.2) is 29.3 Å². The van der Waals surface area contributed by atoms with E-state index in [9.17, 15) is 4.79 Å². The smallest absolute Gasteiger partial charge is 0.309 e. The van der Waals surface area contributed by atoms with Crippen molar-refractivity contribution in [3.05, 3.63) is 34.9 Å². The van der Waals surface area contributed by atoms with Gasteiger partial charge in [0.25, 0.3) is 0 Å². The van der Waals surface area contributed by atoms with Crippen molar-refractivity contribution in [3.63, 3.8) is 0 Å². The minimum absolute atomic E-state index is 0. The number of hydrogen-bond donors (Lipinski definition) is 1. The molecule has 1 aromatic carbocycles. The molecule has 5 nitrogen and oxygen atoms in total. The summed E-state index contributed by atoms with van der Waals surface area (Å²) in [5.41, 5.74) is 1.20. The van der Waals surface area contributed by atoms with E-state index in [0.29, 0.717) is 6.61 Å². The molecule has 0 amide bonds. The highest BCUT2D eigenvalue weighted by atomic mass is 127. The predicted molar refractivity (Wildman–Crippen MR) is 113 cm³/mol. The van der Waals surface area contributed by atoms with Crippen molar-refractivity contribution in [2.24, 2.45) is 10.9 Å². The first kappa shape index (κ1) is 22.0. The molecule has 1 fully saturated rings. The van der Waals surface area contributed by atoms with Crippen LogP contribution in [-0.4, -0.2) is 50.1 Å². The summed E-state index contributed by atoms with van der Waals surface area (Å²) in [5.74, 6) is 0.839. The predicted octanol–water partition coefficient (Wildman–Crippen LogP) is 3.35. The maximum absolute atomic E-state index is 11.8. The first-order valence-electron chi connectivity index (χ1n) is 8.50. The number of guanidine groups is 1. The second-order valence-corrected chi connectivity index (χ2v) is 6.30. The highest BCUT2D eigenvalue weighted by Gasteiger charge is 2.27. The SMILES string of the molecule is CCOC(=O)C1CCN(C(=NC)NCCc2cccc(Cl)c2)CC1.I. The van der Waals surface area contributed by atoms with E-state index in [1.54, 1.807) is 7.05 Å². The van der Waals surface area contributed by atoms with Gasteiger partial charge < -0.3 is 15.0 Å². The Hall–Kier alpha value is -1.02. The van der Waals surface area contributed by atoms with Crippen molar-refractivity contribution in [2.45, 2.75) is 26.2 Å². The van der Waals surface area contributed by atoms with E-state index in [4.69, 9.17) is 16.3 Å². The summed E-state index contributed by atoms with van der Waals surface area (Å²) in [6, 6.07) is 7.90. The summed E-state index contributed by atoms with van der Waals surface area (Å²) in [4.78, 5) is 18.4. The van der Waals surface area contributed by atoms with E-state index in [-0.39, 0.29) is 35.9 Å².